The average molecular weight is 332 g/mol. The van der Waals surface area contributed by atoms with Gasteiger partial charge in [-0.3, -0.25) is 4.99 Å². The van der Waals surface area contributed by atoms with E-state index in [-0.39, 0.29) is 5.75 Å². The van der Waals surface area contributed by atoms with Gasteiger partial charge in [0.25, 0.3) is 0 Å². The van der Waals surface area contributed by atoms with E-state index in [9.17, 15) is 8.42 Å². The van der Waals surface area contributed by atoms with E-state index in [1.165, 1.54) is 11.1 Å². The van der Waals surface area contributed by atoms with Crippen LogP contribution in [-0.4, -0.2) is 58.0 Å². The summed E-state index contributed by atoms with van der Waals surface area (Å²) in [4.78, 5) is 7.93. The second-order valence-electron chi connectivity index (χ2n) is 4.97. The van der Waals surface area contributed by atoms with Crippen molar-refractivity contribution >= 4 is 27.1 Å². The smallest absolute Gasteiger partial charge is 0.193 e. The van der Waals surface area contributed by atoms with Crippen molar-refractivity contribution in [2.75, 3.05) is 38.7 Å². The largest absolute Gasteiger partial charge is 0.357 e. The third-order valence-electron chi connectivity index (χ3n) is 2.90. The fraction of sp³-hybridized carbons (Fsp3) is 0.643. The molecule has 0 spiro atoms. The summed E-state index contributed by atoms with van der Waals surface area (Å²) < 4.78 is 22.2. The average Bonchev–Trinajstić information content (AvgIpc) is 2.91. The molecule has 0 aromatic carbocycles. The van der Waals surface area contributed by atoms with Gasteiger partial charge >= 0.3 is 0 Å². The molecule has 120 valence electrons. The van der Waals surface area contributed by atoms with Crippen LogP contribution in [0.4, 0.5) is 0 Å². The Hall–Kier alpha value is -1.08. The Labute approximate surface area is 132 Å². The highest BCUT2D eigenvalue weighted by Crippen LogP contribution is 2.09. The van der Waals surface area contributed by atoms with E-state index in [0.717, 1.165) is 25.5 Å². The van der Waals surface area contributed by atoms with Crippen LogP contribution in [0.5, 0.6) is 0 Å². The monoisotopic (exact) mass is 331 g/mol. The molecule has 0 radical (unpaired) electrons. The predicted molar refractivity (Wildman–Crippen MR) is 91.0 cm³/mol. The molecule has 0 atom stereocenters. The molecule has 0 aliphatic carbocycles. The number of hydrogen-bond acceptors (Lipinski definition) is 4. The van der Waals surface area contributed by atoms with Gasteiger partial charge < -0.3 is 10.2 Å². The Morgan fingerprint density at radius 3 is 2.81 bits per heavy atom. The van der Waals surface area contributed by atoms with Gasteiger partial charge in [0.2, 0.25) is 0 Å². The maximum Gasteiger partial charge on any atom is 0.193 e. The maximum absolute atomic E-state index is 11.1. The highest BCUT2D eigenvalue weighted by atomic mass is 32.2. The van der Waals surface area contributed by atoms with E-state index in [2.05, 4.69) is 32.7 Å². The van der Waals surface area contributed by atoms with Gasteiger partial charge in [-0.2, -0.15) is 0 Å². The minimum atomic E-state index is -2.90. The summed E-state index contributed by atoms with van der Waals surface area (Å²) in [6.07, 6.45) is 2.81. The van der Waals surface area contributed by atoms with Crippen molar-refractivity contribution < 1.29 is 8.42 Å². The van der Waals surface area contributed by atoms with Crippen molar-refractivity contribution in [2.45, 2.75) is 19.8 Å². The van der Waals surface area contributed by atoms with Gasteiger partial charge in [-0.15, -0.1) is 11.3 Å². The van der Waals surface area contributed by atoms with Gasteiger partial charge in [-0.1, -0.05) is 6.07 Å². The molecule has 0 aliphatic heterocycles. The predicted octanol–water partition coefficient (Wildman–Crippen LogP) is 1.62. The number of hydrogen-bond donors (Lipinski definition) is 1. The van der Waals surface area contributed by atoms with Crippen LogP contribution in [0.3, 0.4) is 0 Å². The Morgan fingerprint density at radius 2 is 2.24 bits per heavy atom. The molecule has 5 nitrogen and oxygen atoms in total. The fourth-order valence-electron chi connectivity index (χ4n) is 1.82. The normalized spacial score (nSPS) is 12.4. The Bertz CT molecular complexity index is 524. The van der Waals surface area contributed by atoms with Crippen molar-refractivity contribution in [3.8, 4) is 0 Å². The number of sulfone groups is 1. The molecule has 0 unspecified atom stereocenters. The van der Waals surface area contributed by atoms with Crippen molar-refractivity contribution in [3.05, 3.63) is 22.4 Å². The summed E-state index contributed by atoms with van der Waals surface area (Å²) in [5.74, 6) is 1.03. The Kier molecular flexibility index (Phi) is 7.74. The third-order valence-corrected chi connectivity index (χ3v) is 4.87. The molecule has 7 heteroatoms. The molecule has 1 rings (SSSR count). The highest BCUT2D eigenvalue weighted by molar-refractivity contribution is 7.90. The topological polar surface area (TPSA) is 61.8 Å². The lowest BCUT2D eigenvalue weighted by Gasteiger charge is -2.21. The molecule has 0 saturated carbocycles. The van der Waals surface area contributed by atoms with E-state index in [4.69, 9.17) is 0 Å². The van der Waals surface area contributed by atoms with Crippen LogP contribution < -0.4 is 5.32 Å². The molecule has 1 heterocycles. The van der Waals surface area contributed by atoms with E-state index in [0.29, 0.717) is 13.0 Å². The van der Waals surface area contributed by atoms with Crippen molar-refractivity contribution in [3.63, 3.8) is 0 Å². The zero-order valence-electron chi connectivity index (χ0n) is 13.0. The Balaban J connectivity index is 2.45. The summed E-state index contributed by atoms with van der Waals surface area (Å²) >= 11 is 1.76. The van der Waals surface area contributed by atoms with Crippen molar-refractivity contribution in [2.24, 2.45) is 4.99 Å². The SMILES string of the molecule is CCNC(=NCCCS(C)(=O)=O)N(C)CCc1cccs1. The van der Waals surface area contributed by atoms with Crippen LogP contribution in [0.15, 0.2) is 22.5 Å². The molecule has 0 fully saturated rings. The second-order valence-corrected chi connectivity index (χ2v) is 8.26. The maximum atomic E-state index is 11.1. The summed E-state index contributed by atoms with van der Waals surface area (Å²) in [5, 5.41) is 5.32. The number of rotatable bonds is 8. The molecule has 1 aromatic heterocycles. The number of thiophene rings is 1. The van der Waals surface area contributed by atoms with Crippen molar-refractivity contribution in [1.29, 1.82) is 0 Å². The number of nitrogens with zero attached hydrogens (tertiary/aromatic N) is 2. The van der Waals surface area contributed by atoms with Crippen LogP contribution in [0, 0.1) is 0 Å². The number of nitrogens with one attached hydrogen (secondary N) is 1. The lowest BCUT2D eigenvalue weighted by atomic mass is 10.3. The molecular formula is C14H25N3O2S2. The van der Waals surface area contributed by atoms with Crippen LogP contribution >= 0.6 is 11.3 Å². The van der Waals surface area contributed by atoms with Gasteiger partial charge in [0.1, 0.15) is 9.84 Å². The first-order valence-electron chi connectivity index (χ1n) is 7.12. The first-order chi connectivity index (χ1) is 9.92. The standard InChI is InChI=1S/C14H25N3O2S2/c1-4-15-14(16-9-6-12-21(3,18)19)17(2)10-8-13-7-5-11-20-13/h5,7,11H,4,6,8-10,12H2,1-3H3,(H,15,16). The Morgan fingerprint density at radius 1 is 1.48 bits per heavy atom. The van der Waals surface area contributed by atoms with Crippen LogP contribution in [0.1, 0.15) is 18.2 Å². The zero-order valence-corrected chi connectivity index (χ0v) is 14.6. The van der Waals surface area contributed by atoms with E-state index in [1.54, 1.807) is 11.3 Å². The highest BCUT2D eigenvalue weighted by Gasteiger charge is 2.06. The number of guanidine groups is 1. The summed E-state index contributed by atoms with van der Waals surface area (Å²) in [5.41, 5.74) is 0. The van der Waals surface area contributed by atoms with Crippen molar-refractivity contribution in [1.82, 2.24) is 10.2 Å². The minimum Gasteiger partial charge on any atom is -0.357 e. The van der Waals surface area contributed by atoms with Gasteiger partial charge in [-0.05, 0) is 31.2 Å². The van der Waals surface area contributed by atoms with E-state index < -0.39 is 9.84 Å². The first-order valence-corrected chi connectivity index (χ1v) is 10.1. The molecule has 21 heavy (non-hydrogen) atoms. The van der Waals surface area contributed by atoms with Crippen LogP contribution in [-0.2, 0) is 16.3 Å². The van der Waals surface area contributed by atoms with Gasteiger partial charge in [0.05, 0.1) is 5.75 Å². The number of likely N-dealkylation sites (N-methyl/N-ethyl adjacent to an activating group) is 1. The third kappa shape index (κ3) is 8.06. The van der Waals surface area contributed by atoms with E-state index in [1.807, 2.05) is 14.0 Å². The van der Waals surface area contributed by atoms with Crippen LogP contribution in [0.2, 0.25) is 0 Å². The minimum absolute atomic E-state index is 0.189. The summed E-state index contributed by atoms with van der Waals surface area (Å²) in [6.45, 7) is 4.24. The lowest BCUT2D eigenvalue weighted by Crippen LogP contribution is -2.40. The van der Waals surface area contributed by atoms with Crippen LogP contribution in [0.25, 0.3) is 0 Å². The molecule has 0 aliphatic rings. The zero-order chi connectivity index (χ0) is 15.7. The molecule has 0 saturated heterocycles. The van der Waals surface area contributed by atoms with Gasteiger partial charge in [0.15, 0.2) is 5.96 Å². The molecular weight excluding hydrogens is 306 g/mol. The molecule has 1 N–H and O–H groups in total. The lowest BCUT2D eigenvalue weighted by molar-refractivity contribution is 0.486. The second kappa shape index (κ2) is 9.04. The summed E-state index contributed by atoms with van der Waals surface area (Å²) in [7, 11) is -0.891. The van der Waals surface area contributed by atoms with Gasteiger partial charge in [-0.25, -0.2) is 8.42 Å². The van der Waals surface area contributed by atoms with Gasteiger partial charge in [0, 0.05) is 37.8 Å². The molecule has 0 amide bonds. The first kappa shape index (κ1) is 18.0. The summed E-state index contributed by atoms with van der Waals surface area (Å²) in [6, 6.07) is 4.19. The fourth-order valence-corrected chi connectivity index (χ4v) is 3.17. The van der Waals surface area contributed by atoms with E-state index >= 15 is 0 Å². The molecule has 1 aromatic rings. The molecule has 0 bridgehead atoms. The quantitative estimate of drug-likeness (QED) is 0.447. The number of aliphatic imine (C=N–C) groups is 1.